The normalized spacial score (nSPS) is 11.8. The van der Waals surface area contributed by atoms with Crippen LogP contribution in [0.25, 0.3) is 11.1 Å². The zero-order valence-electron chi connectivity index (χ0n) is 9.27. The third-order valence-corrected chi connectivity index (χ3v) is 3.16. The van der Waals surface area contributed by atoms with Crippen molar-refractivity contribution in [1.82, 2.24) is 0 Å². The molecule has 0 unspecified atom stereocenters. The van der Waals surface area contributed by atoms with Gasteiger partial charge >= 0.3 is 6.47 Å². The molecule has 0 bridgehead atoms. The average Bonchev–Trinajstić information content (AvgIpc) is 2.74. The fraction of sp³-hybridized carbons (Fsp3) is 0.133. The first-order valence-electron chi connectivity index (χ1n) is 5.57. The van der Waals surface area contributed by atoms with Gasteiger partial charge in [-0.3, -0.25) is 0 Å². The number of hydrogen-bond acceptors (Lipinski definition) is 2. The maximum Gasteiger partial charge on any atom is 0.417 e. The van der Waals surface area contributed by atoms with Crippen LogP contribution >= 0.6 is 0 Å². The first kappa shape index (κ1) is 10.1. The summed E-state index contributed by atoms with van der Waals surface area (Å²) in [6.45, 7) is 1.74. The average molecular weight is 223 g/mol. The SMILES string of the molecule is O=[C]OCc1ccc2c(c1)-c1ccccc1C2. The fourth-order valence-electron chi connectivity index (χ4n) is 2.37. The lowest BCUT2D eigenvalue weighted by Crippen LogP contribution is -1.91. The predicted molar refractivity (Wildman–Crippen MR) is 65.2 cm³/mol. The van der Waals surface area contributed by atoms with Crippen molar-refractivity contribution in [2.24, 2.45) is 0 Å². The van der Waals surface area contributed by atoms with Gasteiger partial charge in [-0.1, -0.05) is 36.4 Å². The highest BCUT2D eigenvalue weighted by molar-refractivity contribution is 5.77. The third kappa shape index (κ3) is 1.72. The van der Waals surface area contributed by atoms with Crippen LogP contribution in [0.1, 0.15) is 16.7 Å². The van der Waals surface area contributed by atoms with Crippen molar-refractivity contribution in [3.63, 3.8) is 0 Å². The highest BCUT2D eigenvalue weighted by Crippen LogP contribution is 2.36. The van der Waals surface area contributed by atoms with Crippen molar-refractivity contribution in [1.29, 1.82) is 0 Å². The lowest BCUT2D eigenvalue weighted by atomic mass is 10.0. The van der Waals surface area contributed by atoms with Gasteiger partial charge in [0.15, 0.2) is 0 Å². The second-order valence-corrected chi connectivity index (χ2v) is 4.20. The van der Waals surface area contributed by atoms with E-state index in [4.69, 9.17) is 0 Å². The van der Waals surface area contributed by atoms with Crippen LogP contribution in [0.2, 0.25) is 0 Å². The van der Waals surface area contributed by atoms with Crippen LogP contribution < -0.4 is 0 Å². The third-order valence-electron chi connectivity index (χ3n) is 3.16. The molecule has 1 aliphatic carbocycles. The molecule has 0 aromatic heterocycles. The molecular formula is C15H11O2. The molecule has 2 aromatic rings. The van der Waals surface area contributed by atoms with Gasteiger partial charge < -0.3 is 4.74 Å². The van der Waals surface area contributed by atoms with Gasteiger partial charge in [0.05, 0.1) is 0 Å². The van der Waals surface area contributed by atoms with Crippen LogP contribution in [0.3, 0.4) is 0 Å². The monoisotopic (exact) mass is 223 g/mol. The Labute approximate surface area is 99.9 Å². The number of hydrogen-bond donors (Lipinski definition) is 0. The Morgan fingerprint density at radius 1 is 1.06 bits per heavy atom. The summed E-state index contributed by atoms with van der Waals surface area (Å²) in [5, 5.41) is 0. The first-order valence-corrected chi connectivity index (χ1v) is 5.57. The minimum atomic E-state index is 0.291. The van der Waals surface area contributed by atoms with E-state index in [1.807, 2.05) is 6.07 Å². The molecule has 0 N–H and O–H groups in total. The quantitative estimate of drug-likeness (QED) is 0.682. The molecule has 2 nitrogen and oxygen atoms in total. The summed E-state index contributed by atoms with van der Waals surface area (Å²) in [4.78, 5) is 10.1. The Hall–Kier alpha value is -2.09. The molecule has 0 saturated heterocycles. The van der Waals surface area contributed by atoms with E-state index in [-0.39, 0.29) is 0 Å². The standard InChI is InChI=1S/C15H11O2/c16-10-17-9-11-5-6-13-8-12-3-1-2-4-14(12)15(13)7-11/h1-7H,8-9H2. The Morgan fingerprint density at radius 3 is 2.76 bits per heavy atom. The minimum absolute atomic E-state index is 0.291. The summed E-state index contributed by atoms with van der Waals surface area (Å²) in [6, 6.07) is 14.6. The van der Waals surface area contributed by atoms with Crippen molar-refractivity contribution in [3.05, 3.63) is 59.2 Å². The Kier molecular flexibility index (Phi) is 2.41. The zero-order valence-corrected chi connectivity index (χ0v) is 9.27. The van der Waals surface area contributed by atoms with Gasteiger partial charge in [0.2, 0.25) is 0 Å². The lowest BCUT2D eigenvalue weighted by molar-refractivity contribution is 0.267. The van der Waals surface area contributed by atoms with E-state index in [2.05, 4.69) is 41.1 Å². The van der Waals surface area contributed by atoms with Crippen molar-refractivity contribution >= 4 is 6.47 Å². The van der Waals surface area contributed by atoms with Crippen LogP contribution in [-0.4, -0.2) is 6.47 Å². The Bertz CT molecular complexity index is 573. The topological polar surface area (TPSA) is 26.3 Å². The van der Waals surface area contributed by atoms with Crippen LogP contribution in [0.4, 0.5) is 0 Å². The molecule has 0 spiro atoms. The molecule has 0 atom stereocenters. The van der Waals surface area contributed by atoms with Crippen molar-refractivity contribution in [2.45, 2.75) is 13.0 Å². The molecule has 17 heavy (non-hydrogen) atoms. The predicted octanol–water partition coefficient (Wildman–Crippen LogP) is 2.84. The van der Waals surface area contributed by atoms with E-state index in [9.17, 15) is 4.79 Å². The van der Waals surface area contributed by atoms with Crippen molar-refractivity contribution < 1.29 is 9.53 Å². The molecule has 2 heteroatoms. The summed E-state index contributed by atoms with van der Waals surface area (Å²) < 4.78 is 4.66. The summed E-state index contributed by atoms with van der Waals surface area (Å²) in [7, 11) is 0. The smallest absolute Gasteiger partial charge is 0.417 e. The summed E-state index contributed by atoms with van der Waals surface area (Å²) in [5.41, 5.74) is 6.25. The van der Waals surface area contributed by atoms with E-state index in [1.54, 1.807) is 0 Å². The number of carbonyl (C=O) groups excluding carboxylic acids is 1. The molecule has 0 aliphatic heterocycles. The van der Waals surface area contributed by atoms with Gasteiger partial charge in [-0.05, 0) is 40.3 Å². The molecule has 2 aromatic carbocycles. The summed E-state index contributed by atoms with van der Waals surface area (Å²) >= 11 is 0. The van der Waals surface area contributed by atoms with Crippen molar-refractivity contribution in [3.8, 4) is 11.1 Å². The molecule has 0 fully saturated rings. The van der Waals surface area contributed by atoms with Crippen molar-refractivity contribution in [2.75, 3.05) is 0 Å². The number of benzene rings is 2. The number of fused-ring (bicyclic) bond motifs is 3. The van der Waals surface area contributed by atoms with Gasteiger partial charge in [-0.15, -0.1) is 0 Å². The van der Waals surface area contributed by atoms with Crippen LogP contribution in [0.15, 0.2) is 42.5 Å². The highest BCUT2D eigenvalue weighted by atomic mass is 16.5. The van der Waals surface area contributed by atoms with Crippen LogP contribution in [0.5, 0.6) is 0 Å². The molecule has 1 aliphatic rings. The highest BCUT2D eigenvalue weighted by Gasteiger charge is 2.17. The molecule has 0 saturated carbocycles. The minimum Gasteiger partial charge on any atom is -0.452 e. The molecular weight excluding hydrogens is 212 g/mol. The summed E-state index contributed by atoms with van der Waals surface area (Å²) in [6.07, 6.45) is 0.993. The molecule has 0 amide bonds. The van der Waals surface area contributed by atoms with Gasteiger partial charge in [0, 0.05) is 0 Å². The second-order valence-electron chi connectivity index (χ2n) is 4.20. The summed E-state index contributed by atoms with van der Waals surface area (Å²) in [5.74, 6) is 0. The van der Waals surface area contributed by atoms with Gasteiger partial charge in [-0.25, -0.2) is 4.79 Å². The van der Waals surface area contributed by atoms with Gasteiger partial charge in [0.1, 0.15) is 6.61 Å². The maximum atomic E-state index is 10.1. The number of ether oxygens (including phenoxy) is 1. The molecule has 1 radical (unpaired) electrons. The maximum absolute atomic E-state index is 10.1. The lowest BCUT2D eigenvalue weighted by Gasteiger charge is -2.04. The van der Waals surface area contributed by atoms with E-state index in [0.717, 1.165) is 12.0 Å². The van der Waals surface area contributed by atoms with Gasteiger partial charge in [0.25, 0.3) is 0 Å². The van der Waals surface area contributed by atoms with E-state index < -0.39 is 0 Å². The molecule has 0 heterocycles. The molecule has 83 valence electrons. The number of rotatable bonds is 3. The molecule has 3 rings (SSSR count). The van der Waals surface area contributed by atoms with E-state index >= 15 is 0 Å². The first-order chi connectivity index (χ1) is 8.38. The zero-order chi connectivity index (χ0) is 11.7. The second kappa shape index (κ2) is 4.06. The van der Waals surface area contributed by atoms with Gasteiger partial charge in [-0.2, -0.15) is 0 Å². The Balaban J connectivity index is 2.02. The van der Waals surface area contributed by atoms with E-state index in [0.29, 0.717) is 6.61 Å². The largest absolute Gasteiger partial charge is 0.452 e. The Morgan fingerprint density at radius 2 is 1.88 bits per heavy atom. The fourth-order valence-corrected chi connectivity index (χ4v) is 2.37. The van der Waals surface area contributed by atoms with E-state index in [1.165, 1.54) is 28.7 Å². The van der Waals surface area contributed by atoms with Crippen LogP contribution in [-0.2, 0) is 22.6 Å². The van der Waals surface area contributed by atoms with Crippen LogP contribution in [0, 0.1) is 0 Å².